The monoisotopic (exact) mass is 733 g/mol. The maximum atomic E-state index is 11.6. The number of rotatable bonds is 6. The zero-order valence-electron chi connectivity index (χ0n) is 37.2. The Bertz CT molecular complexity index is 1790. The molecule has 4 aromatic rings. The lowest BCUT2D eigenvalue weighted by Gasteiger charge is -2.29. The fraction of sp³-hybridized carbons (Fsp3) is 0.529. The third-order valence-electron chi connectivity index (χ3n) is 10.9. The van der Waals surface area contributed by atoms with Crippen LogP contribution >= 0.6 is 0 Å². The lowest BCUT2D eigenvalue weighted by atomic mass is 9.76. The van der Waals surface area contributed by atoms with E-state index in [9.17, 15) is 15.3 Å². The van der Waals surface area contributed by atoms with Gasteiger partial charge in [-0.05, 0) is 119 Å². The van der Waals surface area contributed by atoms with Gasteiger partial charge in [0.25, 0.3) is 0 Å². The van der Waals surface area contributed by atoms with Crippen molar-refractivity contribution in [1.82, 2.24) is 0 Å². The normalized spacial score (nSPS) is 13.4. The summed E-state index contributed by atoms with van der Waals surface area (Å²) in [4.78, 5) is 0. The lowest BCUT2D eigenvalue weighted by molar-refractivity contribution is 0.422. The molecule has 0 heterocycles. The van der Waals surface area contributed by atoms with Gasteiger partial charge in [-0.3, -0.25) is 0 Å². The van der Waals surface area contributed by atoms with Crippen LogP contribution in [0.15, 0.2) is 54.6 Å². The Kier molecular flexibility index (Phi) is 11.5. The summed E-state index contributed by atoms with van der Waals surface area (Å²) in [5.41, 5.74) is 11.8. The number of aromatic hydroxyl groups is 3. The van der Waals surface area contributed by atoms with Crippen LogP contribution in [-0.4, -0.2) is 15.3 Å². The van der Waals surface area contributed by atoms with Crippen molar-refractivity contribution in [3.8, 4) is 17.2 Å². The van der Waals surface area contributed by atoms with Crippen molar-refractivity contribution >= 4 is 0 Å². The lowest BCUT2D eigenvalue weighted by Crippen LogP contribution is -2.19. The molecule has 0 atom stereocenters. The highest BCUT2D eigenvalue weighted by molar-refractivity contribution is 5.55. The fourth-order valence-corrected chi connectivity index (χ4v) is 7.71. The van der Waals surface area contributed by atoms with Crippen LogP contribution in [-0.2, 0) is 51.8 Å². The maximum Gasteiger partial charge on any atom is 0.123 e. The van der Waals surface area contributed by atoms with Crippen LogP contribution in [0.3, 0.4) is 0 Å². The average molecular weight is 733 g/mol. The molecule has 0 spiro atoms. The number of hydrogen-bond acceptors (Lipinski definition) is 3. The smallest absolute Gasteiger partial charge is 0.123 e. The summed E-state index contributed by atoms with van der Waals surface area (Å²) in [6.45, 7) is 39.1. The van der Waals surface area contributed by atoms with E-state index in [2.05, 4.69) is 179 Å². The summed E-state index contributed by atoms with van der Waals surface area (Å²) < 4.78 is 0. The van der Waals surface area contributed by atoms with Gasteiger partial charge in [0, 0.05) is 0 Å². The molecule has 0 saturated heterocycles. The summed E-state index contributed by atoms with van der Waals surface area (Å²) in [5.74, 6) is 1.20. The molecule has 4 aromatic carbocycles. The second kappa shape index (κ2) is 14.4. The summed E-state index contributed by atoms with van der Waals surface area (Å²) in [6.07, 6.45) is 2.16. The Morgan fingerprint density at radius 3 is 0.741 bits per heavy atom. The van der Waals surface area contributed by atoms with Gasteiger partial charge in [-0.2, -0.15) is 0 Å². The molecule has 0 aromatic heterocycles. The van der Waals surface area contributed by atoms with Crippen LogP contribution < -0.4 is 0 Å². The third-order valence-corrected chi connectivity index (χ3v) is 10.9. The first kappa shape index (κ1) is 43.0. The van der Waals surface area contributed by atoms with Gasteiger partial charge in [0.05, 0.1) is 0 Å². The van der Waals surface area contributed by atoms with Crippen molar-refractivity contribution in [1.29, 1.82) is 0 Å². The molecule has 0 aliphatic carbocycles. The van der Waals surface area contributed by atoms with Gasteiger partial charge in [-0.1, -0.05) is 179 Å². The molecule has 294 valence electrons. The van der Waals surface area contributed by atoms with E-state index in [0.717, 1.165) is 46.2 Å². The minimum absolute atomic E-state index is 0.224. The van der Waals surface area contributed by atoms with Crippen molar-refractivity contribution in [2.24, 2.45) is 0 Å². The highest BCUT2D eigenvalue weighted by Crippen LogP contribution is 2.44. The van der Waals surface area contributed by atoms with E-state index in [1.165, 1.54) is 33.4 Å². The van der Waals surface area contributed by atoms with Crippen molar-refractivity contribution < 1.29 is 15.3 Å². The molecule has 3 N–H and O–H groups in total. The van der Waals surface area contributed by atoms with Crippen LogP contribution in [0.5, 0.6) is 17.2 Å². The van der Waals surface area contributed by atoms with Crippen LogP contribution in [0.2, 0.25) is 0 Å². The molecule has 0 bridgehead atoms. The minimum Gasteiger partial charge on any atom is -0.507 e. The van der Waals surface area contributed by atoms with Crippen molar-refractivity contribution in [3.05, 3.63) is 121 Å². The second-order valence-electron chi connectivity index (χ2n) is 22.2. The summed E-state index contributed by atoms with van der Waals surface area (Å²) >= 11 is 0. The van der Waals surface area contributed by atoms with Crippen LogP contribution in [0.1, 0.15) is 191 Å². The van der Waals surface area contributed by atoms with E-state index >= 15 is 0 Å². The number of phenolic OH excluding ortho intramolecular Hbond substituents is 3. The van der Waals surface area contributed by atoms with Gasteiger partial charge < -0.3 is 15.3 Å². The summed E-state index contributed by atoms with van der Waals surface area (Å²) in [6, 6.07) is 20.0. The first-order chi connectivity index (χ1) is 24.3. The van der Waals surface area contributed by atoms with Gasteiger partial charge in [0.15, 0.2) is 0 Å². The Morgan fingerprint density at radius 1 is 0.333 bits per heavy atom. The zero-order chi connectivity index (χ0) is 41.1. The molecule has 0 saturated carbocycles. The standard InChI is InChI=1S/C51H72O3/c1-46(2,3)37-25-31(26-38(43(37)52)47(4,5)6)22-34-20-19-21-35(23-32-27-39(48(7,8)9)44(53)40(28-32)49(10,11)12)36(34)24-33-29-41(50(13,14)15)45(54)42(30-33)51(16,17)18/h19-21,25-30,52-54H,22-24H2,1-18H3. The largest absolute Gasteiger partial charge is 0.507 e. The molecule has 3 nitrogen and oxygen atoms in total. The second-order valence-corrected chi connectivity index (χ2v) is 22.2. The number of phenols is 3. The van der Waals surface area contributed by atoms with E-state index in [0.29, 0.717) is 23.7 Å². The van der Waals surface area contributed by atoms with Gasteiger partial charge in [-0.25, -0.2) is 0 Å². The molecular weight excluding hydrogens is 661 g/mol. The average Bonchev–Trinajstić information content (AvgIpc) is 2.97. The quantitative estimate of drug-likeness (QED) is 0.185. The van der Waals surface area contributed by atoms with Crippen molar-refractivity contribution in [2.45, 2.75) is 176 Å². The molecule has 0 fully saturated rings. The molecular formula is C51H72O3. The number of hydrogen-bond donors (Lipinski definition) is 3. The first-order valence-electron chi connectivity index (χ1n) is 20.0. The predicted octanol–water partition coefficient (Wildman–Crippen LogP) is 13.4. The van der Waals surface area contributed by atoms with Crippen LogP contribution in [0, 0.1) is 0 Å². The molecule has 54 heavy (non-hydrogen) atoms. The topological polar surface area (TPSA) is 60.7 Å². The van der Waals surface area contributed by atoms with Crippen molar-refractivity contribution in [3.63, 3.8) is 0 Å². The van der Waals surface area contributed by atoms with Gasteiger partial charge in [-0.15, -0.1) is 0 Å². The Morgan fingerprint density at radius 2 is 0.537 bits per heavy atom. The zero-order valence-corrected chi connectivity index (χ0v) is 37.2. The third kappa shape index (κ3) is 9.55. The molecule has 0 amide bonds. The first-order valence-corrected chi connectivity index (χ1v) is 20.0. The van der Waals surface area contributed by atoms with E-state index in [-0.39, 0.29) is 32.5 Å². The van der Waals surface area contributed by atoms with Gasteiger partial charge in [0.2, 0.25) is 0 Å². The molecule has 4 rings (SSSR count). The molecule has 0 radical (unpaired) electrons. The molecule has 0 aliphatic heterocycles. The maximum absolute atomic E-state index is 11.6. The summed E-state index contributed by atoms with van der Waals surface area (Å²) in [5, 5.41) is 34.7. The van der Waals surface area contributed by atoms with E-state index < -0.39 is 0 Å². The van der Waals surface area contributed by atoms with E-state index in [1.54, 1.807) is 0 Å². The highest BCUT2D eigenvalue weighted by atomic mass is 16.3. The minimum atomic E-state index is -0.236. The van der Waals surface area contributed by atoms with Crippen LogP contribution in [0.25, 0.3) is 0 Å². The van der Waals surface area contributed by atoms with Crippen LogP contribution in [0.4, 0.5) is 0 Å². The molecule has 3 heteroatoms. The van der Waals surface area contributed by atoms with E-state index in [4.69, 9.17) is 0 Å². The molecule has 0 unspecified atom stereocenters. The Balaban J connectivity index is 2.03. The highest BCUT2D eigenvalue weighted by Gasteiger charge is 2.30. The summed E-state index contributed by atoms with van der Waals surface area (Å²) in [7, 11) is 0. The van der Waals surface area contributed by atoms with E-state index in [1.807, 2.05) is 0 Å². The fourth-order valence-electron chi connectivity index (χ4n) is 7.71. The molecule has 0 aliphatic rings. The van der Waals surface area contributed by atoms with Gasteiger partial charge in [0.1, 0.15) is 17.2 Å². The SMILES string of the molecule is CC(C)(C)c1cc(Cc2cccc(Cc3cc(C(C)(C)C)c(O)c(C(C)(C)C)c3)c2Cc2cc(C(C)(C)C)c(O)c(C(C)(C)C)c2)cc(C(C)(C)C)c1O. The number of benzene rings is 4. The predicted molar refractivity (Wildman–Crippen MR) is 231 cm³/mol. The Hall–Kier alpha value is -3.72. The Labute approximate surface area is 329 Å². The van der Waals surface area contributed by atoms with Gasteiger partial charge >= 0.3 is 0 Å². The van der Waals surface area contributed by atoms with Crippen molar-refractivity contribution in [2.75, 3.05) is 0 Å².